The zero-order chi connectivity index (χ0) is 19.5. The van der Waals surface area contributed by atoms with Gasteiger partial charge in [-0.2, -0.15) is 0 Å². The first kappa shape index (κ1) is 18.5. The Hall–Kier alpha value is -2.82. The van der Waals surface area contributed by atoms with Gasteiger partial charge < -0.3 is 4.90 Å². The van der Waals surface area contributed by atoms with Crippen LogP contribution in [0.4, 0.5) is 10.2 Å². The van der Waals surface area contributed by atoms with Crippen molar-refractivity contribution in [3.8, 4) is 0 Å². The van der Waals surface area contributed by atoms with E-state index in [9.17, 15) is 4.39 Å². The average Bonchev–Trinajstić information content (AvgIpc) is 2.70. The Labute approximate surface area is 165 Å². The highest BCUT2D eigenvalue weighted by Crippen LogP contribution is 2.28. The Bertz CT molecular complexity index is 918. The number of piperidine rings is 1. The Morgan fingerprint density at radius 1 is 1.04 bits per heavy atom. The van der Waals surface area contributed by atoms with E-state index < -0.39 is 0 Å². The van der Waals surface area contributed by atoms with Crippen LogP contribution in [0.2, 0.25) is 0 Å². The largest absolute Gasteiger partial charge is 0.356 e. The summed E-state index contributed by atoms with van der Waals surface area (Å²) in [5.41, 5.74) is 4.38. The molecule has 4 nitrogen and oxygen atoms in total. The van der Waals surface area contributed by atoms with Crippen molar-refractivity contribution in [1.82, 2.24) is 15.0 Å². The highest BCUT2D eigenvalue weighted by molar-refractivity contribution is 5.41. The van der Waals surface area contributed by atoms with Crippen LogP contribution in [-0.4, -0.2) is 28.0 Å². The van der Waals surface area contributed by atoms with E-state index in [0.717, 1.165) is 66.5 Å². The van der Waals surface area contributed by atoms with Crippen LogP contribution < -0.4 is 4.90 Å². The van der Waals surface area contributed by atoms with Crippen LogP contribution in [0.5, 0.6) is 0 Å². The van der Waals surface area contributed by atoms with Crippen molar-refractivity contribution < 1.29 is 4.39 Å². The van der Waals surface area contributed by atoms with Gasteiger partial charge in [-0.15, -0.1) is 0 Å². The molecule has 0 unspecified atom stereocenters. The molecule has 2 aromatic heterocycles. The lowest BCUT2D eigenvalue weighted by Gasteiger charge is -2.33. The van der Waals surface area contributed by atoms with Gasteiger partial charge in [-0.3, -0.25) is 4.98 Å². The third-order valence-electron chi connectivity index (χ3n) is 5.29. The van der Waals surface area contributed by atoms with Crippen LogP contribution in [0.15, 0.2) is 48.7 Å². The van der Waals surface area contributed by atoms with E-state index in [2.05, 4.69) is 33.1 Å². The van der Waals surface area contributed by atoms with Crippen molar-refractivity contribution in [1.29, 1.82) is 0 Å². The second-order valence-corrected chi connectivity index (χ2v) is 7.59. The summed E-state index contributed by atoms with van der Waals surface area (Å²) in [5.74, 6) is 2.04. The fraction of sp³-hybridized carbons (Fsp3) is 0.348. The maximum Gasteiger partial charge on any atom is 0.132 e. The number of rotatable bonds is 4. The Morgan fingerprint density at radius 2 is 1.82 bits per heavy atom. The summed E-state index contributed by atoms with van der Waals surface area (Å²) in [6, 6.07) is 13.0. The highest BCUT2D eigenvalue weighted by Gasteiger charge is 2.23. The van der Waals surface area contributed by atoms with E-state index in [1.54, 1.807) is 0 Å². The number of benzene rings is 1. The predicted octanol–water partition coefficient (Wildman–Crippen LogP) is 4.60. The first-order chi connectivity index (χ1) is 13.6. The minimum absolute atomic E-state index is 0.201. The molecule has 1 atom stereocenters. The summed E-state index contributed by atoms with van der Waals surface area (Å²) < 4.78 is 13.1. The van der Waals surface area contributed by atoms with E-state index in [-0.39, 0.29) is 5.82 Å². The van der Waals surface area contributed by atoms with Gasteiger partial charge in [0.1, 0.15) is 17.5 Å². The van der Waals surface area contributed by atoms with Gasteiger partial charge in [-0.1, -0.05) is 18.2 Å². The first-order valence-corrected chi connectivity index (χ1v) is 9.83. The molecule has 1 aliphatic heterocycles. The van der Waals surface area contributed by atoms with E-state index in [0.29, 0.717) is 5.92 Å². The van der Waals surface area contributed by atoms with Gasteiger partial charge in [0.2, 0.25) is 0 Å². The van der Waals surface area contributed by atoms with Gasteiger partial charge in [-0.25, -0.2) is 14.4 Å². The number of halogens is 1. The molecule has 0 aliphatic carbocycles. The molecule has 0 amide bonds. The molecule has 1 fully saturated rings. The zero-order valence-corrected chi connectivity index (χ0v) is 16.4. The summed E-state index contributed by atoms with van der Waals surface area (Å²) in [4.78, 5) is 16.1. The maximum atomic E-state index is 13.1. The molecule has 1 aromatic carbocycles. The van der Waals surface area contributed by atoms with Crippen molar-refractivity contribution in [3.05, 3.63) is 82.8 Å². The van der Waals surface area contributed by atoms with Crippen LogP contribution >= 0.6 is 0 Å². The van der Waals surface area contributed by atoms with Crippen LogP contribution in [0, 0.1) is 19.7 Å². The Kier molecular flexibility index (Phi) is 5.33. The smallest absolute Gasteiger partial charge is 0.132 e. The van der Waals surface area contributed by atoms with Crippen LogP contribution in [0.25, 0.3) is 0 Å². The van der Waals surface area contributed by atoms with Gasteiger partial charge in [0.25, 0.3) is 0 Å². The summed E-state index contributed by atoms with van der Waals surface area (Å²) in [6.07, 6.45) is 5.00. The minimum Gasteiger partial charge on any atom is -0.356 e. The number of nitrogens with zero attached hydrogens (tertiary/aromatic N) is 4. The maximum absolute atomic E-state index is 13.1. The summed E-state index contributed by atoms with van der Waals surface area (Å²) >= 11 is 0. The second-order valence-electron chi connectivity index (χ2n) is 7.59. The van der Waals surface area contributed by atoms with Crippen molar-refractivity contribution in [3.63, 3.8) is 0 Å². The van der Waals surface area contributed by atoms with E-state index in [4.69, 9.17) is 4.98 Å². The lowest BCUT2D eigenvalue weighted by atomic mass is 9.93. The summed E-state index contributed by atoms with van der Waals surface area (Å²) in [7, 11) is 0. The van der Waals surface area contributed by atoms with Crippen LogP contribution in [-0.2, 0) is 6.42 Å². The second kappa shape index (κ2) is 8.05. The van der Waals surface area contributed by atoms with Crippen molar-refractivity contribution in [2.45, 2.75) is 39.0 Å². The first-order valence-electron chi connectivity index (χ1n) is 9.83. The molecule has 5 heteroatoms. The molecular formula is C23H25FN4. The Morgan fingerprint density at radius 3 is 2.54 bits per heavy atom. The lowest BCUT2D eigenvalue weighted by Crippen LogP contribution is -2.35. The average molecular weight is 376 g/mol. The molecule has 0 saturated carbocycles. The van der Waals surface area contributed by atoms with Gasteiger partial charge in [-0.05, 0) is 62.4 Å². The van der Waals surface area contributed by atoms with E-state index in [1.807, 2.05) is 32.2 Å². The molecule has 3 aromatic rings. The molecule has 144 valence electrons. The standard InChI is InChI=1S/C23H25FN4/c1-16-12-23(27-17(2)26-16)28-11-3-4-20(15-28)22-10-7-19(14-25-22)13-18-5-8-21(24)9-6-18/h5-10,12,14,20H,3-4,11,13,15H2,1-2H3/t20-/m1/s1. The molecule has 3 heterocycles. The molecule has 0 spiro atoms. The number of aryl methyl sites for hydroxylation is 2. The van der Waals surface area contributed by atoms with Crippen molar-refractivity contribution in [2.75, 3.05) is 18.0 Å². The lowest BCUT2D eigenvalue weighted by molar-refractivity contribution is 0.498. The minimum atomic E-state index is -0.201. The Balaban J connectivity index is 1.45. The fourth-order valence-electron chi connectivity index (χ4n) is 3.91. The molecule has 28 heavy (non-hydrogen) atoms. The third kappa shape index (κ3) is 4.35. The monoisotopic (exact) mass is 376 g/mol. The number of hydrogen-bond acceptors (Lipinski definition) is 4. The summed E-state index contributed by atoms with van der Waals surface area (Å²) in [5, 5.41) is 0. The quantitative estimate of drug-likeness (QED) is 0.667. The van der Waals surface area contributed by atoms with E-state index in [1.165, 1.54) is 12.1 Å². The number of aromatic nitrogens is 3. The SMILES string of the molecule is Cc1cc(N2CCC[C@@H](c3ccc(Cc4ccc(F)cc4)cn3)C2)nc(C)n1. The predicted molar refractivity (Wildman–Crippen MR) is 109 cm³/mol. The number of pyridine rings is 1. The third-order valence-corrected chi connectivity index (χ3v) is 5.29. The molecular weight excluding hydrogens is 351 g/mol. The highest BCUT2D eigenvalue weighted by atomic mass is 19.1. The summed E-state index contributed by atoms with van der Waals surface area (Å²) in [6.45, 7) is 5.91. The topological polar surface area (TPSA) is 41.9 Å². The number of anilines is 1. The molecule has 1 aliphatic rings. The molecule has 0 N–H and O–H groups in total. The molecule has 1 saturated heterocycles. The van der Waals surface area contributed by atoms with E-state index >= 15 is 0 Å². The van der Waals surface area contributed by atoms with Gasteiger partial charge >= 0.3 is 0 Å². The van der Waals surface area contributed by atoms with Crippen molar-refractivity contribution in [2.24, 2.45) is 0 Å². The fourth-order valence-corrected chi connectivity index (χ4v) is 3.91. The van der Waals surface area contributed by atoms with Crippen LogP contribution in [0.1, 0.15) is 47.1 Å². The normalized spacial score (nSPS) is 17.0. The zero-order valence-electron chi connectivity index (χ0n) is 16.4. The molecule has 0 radical (unpaired) electrons. The number of hydrogen-bond donors (Lipinski definition) is 0. The van der Waals surface area contributed by atoms with Gasteiger partial charge in [0, 0.05) is 42.7 Å². The van der Waals surface area contributed by atoms with Crippen LogP contribution in [0.3, 0.4) is 0 Å². The molecule has 0 bridgehead atoms. The van der Waals surface area contributed by atoms with Gasteiger partial charge in [0.05, 0.1) is 0 Å². The molecule has 4 rings (SSSR count). The van der Waals surface area contributed by atoms with Crippen molar-refractivity contribution >= 4 is 5.82 Å². The van der Waals surface area contributed by atoms with Gasteiger partial charge in [0.15, 0.2) is 0 Å².